The zero-order valence-electron chi connectivity index (χ0n) is 8.68. The molecule has 1 atom stereocenters. The van der Waals surface area contributed by atoms with Gasteiger partial charge in [-0.1, -0.05) is 56.3 Å². The van der Waals surface area contributed by atoms with Gasteiger partial charge in [0.2, 0.25) is 0 Å². The van der Waals surface area contributed by atoms with Gasteiger partial charge in [-0.15, -0.1) is 0 Å². The maximum absolute atomic E-state index is 10.7. The minimum Gasteiger partial charge on any atom is -0.303 e. The van der Waals surface area contributed by atoms with E-state index in [-0.39, 0.29) is 5.92 Å². The van der Waals surface area contributed by atoms with Crippen LogP contribution in [0.4, 0.5) is 0 Å². The molecule has 1 aromatic rings. The van der Waals surface area contributed by atoms with E-state index >= 15 is 0 Å². The molecule has 0 fully saturated rings. The number of rotatable bonds is 4. The Morgan fingerprint density at radius 3 is 2.29 bits per heavy atom. The van der Waals surface area contributed by atoms with Crippen LogP contribution in [-0.4, -0.2) is 6.29 Å². The minimum absolute atomic E-state index is 0.0233. The largest absolute Gasteiger partial charge is 0.303 e. The van der Waals surface area contributed by atoms with Gasteiger partial charge in [0.05, 0.1) is 0 Å². The second kappa shape index (κ2) is 5.38. The molecule has 14 heavy (non-hydrogen) atoms. The third-order valence-electron chi connectivity index (χ3n) is 2.24. The van der Waals surface area contributed by atoms with Gasteiger partial charge in [0.1, 0.15) is 6.29 Å². The van der Waals surface area contributed by atoms with Crippen LogP contribution in [0.15, 0.2) is 36.4 Å². The number of hydrogen-bond donors (Lipinski definition) is 0. The average Bonchev–Trinajstić information content (AvgIpc) is 2.20. The molecule has 0 radical (unpaired) electrons. The smallest absolute Gasteiger partial charge is 0.127 e. The van der Waals surface area contributed by atoms with Crippen molar-refractivity contribution in [1.29, 1.82) is 0 Å². The van der Waals surface area contributed by atoms with Crippen molar-refractivity contribution < 1.29 is 4.79 Å². The monoisotopic (exact) mass is 188 g/mol. The van der Waals surface area contributed by atoms with Crippen LogP contribution in [0, 0.1) is 11.8 Å². The Kier molecular flexibility index (Phi) is 4.11. The molecule has 1 nitrogen and oxygen atoms in total. The highest BCUT2D eigenvalue weighted by atomic mass is 16.1. The standard InChI is InChI=1S/C13H16O/c1-11(2)13(10-14)9-8-12-6-4-3-5-7-12/h3-11,13H,1-2H3/b9-8+. The predicted octanol–water partition coefficient (Wildman–Crippen LogP) is 3.17. The number of hydrogen-bond acceptors (Lipinski definition) is 1. The van der Waals surface area contributed by atoms with Gasteiger partial charge in [-0.2, -0.15) is 0 Å². The molecule has 0 saturated heterocycles. The lowest BCUT2D eigenvalue weighted by atomic mass is 9.96. The normalized spacial score (nSPS) is 13.4. The molecule has 0 aliphatic heterocycles. The van der Waals surface area contributed by atoms with Crippen LogP contribution in [-0.2, 0) is 4.79 Å². The number of benzene rings is 1. The zero-order chi connectivity index (χ0) is 10.4. The lowest BCUT2D eigenvalue weighted by molar-refractivity contribution is -0.110. The van der Waals surface area contributed by atoms with Crippen molar-refractivity contribution in [3.63, 3.8) is 0 Å². The van der Waals surface area contributed by atoms with Crippen molar-refractivity contribution in [3.8, 4) is 0 Å². The van der Waals surface area contributed by atoms with E-state index in [2.05, 4.69) is 13.8 Å². The van der Waals surface area contributed by atoms with Crippen molar-refractivity contribution in [1.82, 2.24) is 0 Å². The first-order valence-corrected chi connectivity index (χ1v) is 4.92. The molecule has 1 aromatic carbocycles. The third kappa shape index (κ3) is 3.17. The van der Waals surface area contributed by atoms with Gasteiger partial charge in [0.25, 0.3) is 0 Å². The maximum Gasteiger partial charge on any atom is 0.127 e. The first-order chi connectivity index (χ1) is 6.74. The second-order valence-corrected chi connectivity index (χ2v) is 3.73. The molecule has 1 heteroatoms. The van der Waals surface area contributed by atoms with Gasteiger partial charge in [-0.25, -0.2) is 0 Å². The van der Waals surface area contributed by atoms with E-state index in [1.54, 1.807) is 0 Å². The molecule has 0 aliphatic carbocycles. The fraction of sp³-hybridized carbons (Fsp3) is 0.308. The molecule has 1 rings (SSSR count). The molecule has 0 saturated carbocycles. The van der Waals surface area contributed by atoms with E-state index in [0.29, 0.717) is 5.92 Å². The summed E-state index contributed by atoms with van der Waals surface area (Å²) in [4.78, 5) is 10.7. The SMILES string of the molecule is CC(C)C(C=O)/C=C/c1ccccc1. The Morgan fingerprint density at radius 1 is 1.14 bits per heavy atom. The molecule has 1 unspecified atom stereocenters. The number of carbonyl (C=O) groups is 1. The maximum atomic E-state index is 10.7. The number of allylic oxidation sites excluding steroid dienone is 1. The Balaban J connectivity index is 2.67. The Labute approximate surface area is 85.5 Å². The lowest BCUT2D eigenvalue weighted by Gasteiger charge is -2.07. The number of carbonyl (C=O) groups excluding carboxylic acids is 1. The first-order valence-electron chi connectivity index (χ1n) is 4.92. The van der Waals surface area contributed by atoms with Gasteiger partial charge in [0.15, 0.2) is 0 Å². The van der Waals surface area contributed by atoms with Crippen LogP contribution in [0.3, 0.4) is 0 Å². The Hall–Kier alpha value is -1.37. The highest BCUT2D eigenvalue weighted by Gasteiger charge is 2.06. The molecule has 0 heterocycles. The van der Waals surface area contributed by atoms with Gasteiger partial charge < -0.3 is 4.79 Å². The second-order valence-electron chi connectivity index (χ2n) is 3.73. The fourth-order valence-corrected chi connectivity index (χ4v) is 1.21. The average molecular weight is 188 g/mol. The van der Waals surface area contributed by atoms with Crippen LogP contribution in [0.5, 0.6) is 0 Å². The highest BCUT2D eigenvalue weighted by molar-refractivity contribution is 5.61. The summed E-state index contributed by atoms with van der Waals surface area (Å²) in [7, 11) is 0. The van der Waals surface area contributed by atoms with E-state index in [1.807, 2.05) is 42.5 Å². The molecular weight excluding hydrogens is 172 g/mol. The molecule has 74 valence electrons. The fourth-order valence-electron chi connectivity index (χ4n) is 1.21. The van der Waals surface area contributed by atoms with Crippen LogP contribution >= 0.6 is 0 Å². The summed E-state index contributed by atoms with van der Waals surface area (Å²) in [5.41, 5.74) is 1.14. The van der Waals surface area contributed by atoms with Crippen molar-refractivity contribution in [2.75, 3.05) is 0 Å². The number of aldehydes is 1. The minimum atomic E-state index is 0.0233. The van der Waals surface area contributed by atoms with Crippen LogP contribution in [0.1, 0.15) is 19.4 Å². The van der Waals surface area contributed by atoms with Crippen LogP contribution in [0.2, 0.25) is 0 Å². The van der Waals surface area contributed by atoms with Gasteiger partial charge in [-0.3, -0.25) is 0 Å². The summed E-state index contributed by atoms with van der Waals surface area (Å²) in [5.74, 6) is 0.391. The van der Waals surface area contributed by atoms with E-state index in [9.17, 15) is 4.79 Å². The van der Waals surface area contributed by atoms with Crippen LogP contribution in [0.25, 0.3) is 6.08 Å². The summed E-state index contributed by atoms with van der Waals surface area (Å²) >= 11 is 0. The molecule has 0 aliphatic rings. The molecule has 0 amide bonds. The van der Waals surface area contributed by atoms with Crippen molar-refractivity contribution in [2.45, 2.75) is 13.8 Å². The molecule has 0 aromatic heterocycles. The summed E-state index contributed by atoms with van der Waals surface area (Å²) in [5, 5.41) is 0. The summed E-state index contributed by atoms with van der Waals surface area (Å²) in [6.45, 7) is 4.10. The summed E-state index contributed by atoms with van der Waals surface area (Å²) < 4.78 is 0. The van der Waals surface area contributed by atoms with E-state index in [0.717, 1.165) is 11.8 Å². The topological polar surface area (TPSA) is 17.1 Å². The van der Waals surface area contributed by atoms with Crippen molar-refractivity contribution in [2.24, 2.45) is 11.8 Å². The van der Waals surface area contributed by atoms with Crippen molar-refractivity contribution in [3.05, 3.63) is 42.0 Å². The molecular formula is C13H16O. The van der Waals surface area contributed by atoms with E-state index in [4.69, 9.17) is 0 Å². The summed E-state index contributed by atoms with van der Waals surface area (Å²) in [6.07, 6.45) is 4.97. The van der Waals surface area contributed by atoms with E-state index in [1.165, 1.54) is 0 Å². The zero-order valence-corrected chi connectivity index (χ0v) is 8.68. The molecule has 0 bridgehead atoms. The quantitative estimate of drug-likeness (QED) is 0.663. The molecule has 0 spiro atoms. The van der Waals surface area contributed by atoms with Crippen LogP contribution < -0.4 is 0 Å². The first kappa shape index (κ1) is 10.7. The van der Waals surface area contributed by atoms with Gasteiger partial charge in [0, 0.05) is 5.92 Å². The van der Waals surface area contributed by atoms with E-state index < -0.39 is 0 Å². The predicted molar refractivity (Wildman–Crippen MR) is 59.9 cm³/mol. The third-order valence-corrected chi connectivity index (χ3v) is 2.24. The lowest BCUT2D eigenvalue weighted by Crippen LogP contribution is -2.06. The van der Waals surface area contributed by atoms with Crippen molar-refractivity contribution >= 4 is 12.4 Å². The Morgan fingerprint density at radius 2 is 1.79 bits per heavy atom. The van der Waals surface area contributed by atoms with Gasteiger partial charge >= 0.3 is 0 Å². The van der Waals surface area contributed by atoms with Gasteiger partial charge in [-0.05, 0) is 11.5 Å². The summed E-state index contributed by atoms with van der Waals surface area (Å²) in [6, 6.07) is 10.0. The highest BCUT2D eigenvalue weighted by Crippen LogP contribution is 2.11. The Bertz CT molecular complexity index is 298. The molecule has 0 N–H and O–H groups in total.